The smallest absolute Gasteiger partial charge is 0.159 e. The molecule has 0 saturated heterocycles. The molecule has 1 aliphatic rings. The van der Waals surface area contributed by atoms with Gasteiger partial charge in [0, 0.05) is 64.1 Å². The maximum Gasteiger partial charge on any atom is 0.159 e. The van der Waals surface area contributed by atoms with Crippen LogP contribution in [0.1, 0.15) is 22.9 Å². The number of nitrogens with one attached hydrogen (secondary N) is 1. The summed E-state index contributed by atoms with van der Waals surface area (Å²) in [5.74, 6) is 1.46. The SMILES string of the molecule is c1ccc(-c2cccc(C3=NC(c4ccccc4-n4c5ccccc5c5c(-c6cccc7c6c6ccc(-c8ccccc8)cc6n7-c6ccccc6)cccc54)NC(c4ccc5sc6ccccc6c5c4)=N3)c2)cc1. The molecule has 4 heterocycles. The molecule has 15 rings (SSSR count). The van der Waals surface area contributed by atoms with Gasteiger partial charge < -0.3 is 14.5 Å². The van der Waals surface area contributed by atoms with Crippen LogP contribution in [0.4, 0.5) is 0 Å². The van der Waals surface area contributed by atoms with Gasteiger partial charge in [-0.2, -0.15) is 0 Å². The van der Waals surface area contributed by atoms with Crippen molar-refractivity contribution in [2.45, 2.75) is 6.17 Å². The number of fused-ring (bicyclic) bond motifs is 9. The first kappa shape index (κ1) is 43.0. The summed E-state index contributed by atoms with van der Waals surface area (Å²) in [6.45, 7) is 0. The van der Waals surface area contributed by atoms with E-state index in [9.17, 15) is 0 Å². The minimum absolute atomic E-state index is 0.475. The molecule has 0 aliphatic carbocycles. The van der Waals surface area contributed by atoms with Crippen molar-refractivity contribution in [2.75, 3.05) is 0 Å². The third-order valence-electron chi connectivity index (χ3n) is 15.0. The summed E-state index contributed by atoms with van der Waals surface area (Å²) >= 11 is 1.83. The highest BCUT2D eigenvalue weighted by Gasteiger charge is 2.27. The number of rotatable bonds is 8. The molecule has 0 saturated carbocycles. The Balaban J connectivity index is 0.921. The van der Waals surface area contributed by atoms with Crippen molar-refractivity contribution in [2.24, 2.45) is 9.98 Å². The lowest BCUT2D eigenvalue weighted by Gasteiger charge is -2.26. The molecule has 75 heavy (non-hydrogen) atoms. The highest BCUT2D eigenvalue weighted by Crippen LogP contribution is 2.45. The van der Waals surface area contributed by atoms with Gasteiger partial charge in [-0.3, -0.25) is 0 Å². The number of hydrogen-bond acceptors (Lipinski definition) is 4. The van der Waals surface area contributed by atoms with E-state index in [0.29, 0.717) is 5.84 Å². The molecule has 5 nitrogen and oxygen atoms in total. The van der Waals surface area contributed by atoms with Gasteiger partial charge in [-0.1, -0.05) is 188 Å². The van der Waals surface area contributed by atoms with Crippen LogP contribution in [0.25, 0.3) is 109 Å². The summed E-state index contributed by atoms with van der Waals surface area (Å²) < 4.78 is 7.41. The van der Waals surface area contributed by atoms with Crippen LogP contribution >= 0.6 is 11.3 Å². The Morgan fingerprint density at radius 1 is 0.360 bits per heavy atom. The number of thiophene rings is 1. The monoisotopic (exact) mass is 975 g/mol. The van der Waals surface area contributed by atoms with Crippen molar-refractivity contribution >= 4 is 86.8 Å². The van der Waals surface area contributed by atoms with Gasteiger partial charge in [0.2, 0.25) is 0 Å². The molecule has 352 valence electrons. The van der Waals surface area contributed by atoms with Crippen LogP contribution in [0.3, 0.4) is 0 Å². The molecular weight excluding hydrogens is 931 g/mol. The van der Waals surface area contributed by atoms with Gasteiger partial charge in [-0.25, -0.2) is 9.98 Å². The van der Waals surface area contributed by atoms with Crippen molar-refractivity contribution < 1.29 is 0 Å². The molecule has 1 atom stereocenters. The lowest BCUT2D eigenvalue weighted by molar-refractivity contribution is 0.671. The number of benzene rings is 11. The summed E-state index contributed by atoms with van der Waals surface area (Å²) in [4.78, 5) is 10.9. The summed E-state index contributed by atoms with van der Waals surface area (Å²) in [7, 11) is 0. The van der Waals surface area contributed by atoms with Crippen molar-refractivity contribution in [1.29, 1.82) is 0 Å². The molecule has 14 aromatic rings. The number of para-hydroxylation sites is 3. The van der Waals surface area contributed by atoms with Gasteiger partial charge in [0.1, 0.15) is 12.0 Å². The Hall–Kier alpha value is -9.62. The Morgan fingerprint density at radius 2 is 0.920 bits per heavy atom. The average Bonchev–Trinajstić information content (AvgIpc) is 4.15. The average molecular weight is 976 g/mol. The van der Waals surface area contributed by atoms with E-state index in [1.54, 1.807) is 0 Å². The van der Waals surface area contributed by atoms with Gasteiger partial charge in [-0.05, 0) is 106 Å². The maximum absolute atomic E-state index is 5.55. The molecule has 0 radical (unpaired) electrons. The molecule has 1 aliphatic heterocycles. The predicted octanol–water partition coefficient (Wildman–Crippen LogP) is 17.7. The summed E-state index contributed by atoms with van der Waals surface area (Å²) in [5, 5.41) is 11.2. The van der Waals surface area contributed by atoms with E-state index in [-0.39, 0.29) is 0 Å². The molecule has 11 aromatic carbocycles. The van der Waals surface area contributed by atoms with Crippen molar-refractivity contribution in [3.63, 3.8) is 0 Å². The molecule has 0 spiro atoms. The van der Waals surface area contributed by atoms with Crippen LogP contribution in [-0.2, 0) is 0 Å². The fourth-order valence-electron chi connectivity index (χ4n) is 11.6. The first-order valence-electron chi connectivity index (χ1n) is 25.5. The van der Waals surface area contributed by atoms with Crippen molar-refractivity contribution in [3.05, 3.63) is 278 Å². The largest absolute Gasteiger partial charge is 0.344 e. The highest BCUT2D eigenvalue weighted by atomic mass is 32.1. The van der Waals surface area contributed by atoms with E-state index in [1.807, 2.05) is 11.3 Å². The van der Waals surface area contributed by atoms with E-state index >= 15 is 0 Å². The van der Waals surface area contributed by atoms with Crippen molar-refractivity contribution in [3.8, 4) is 44.8 Å². The molecule has 0 amide bonds. The normalized spacial score (nSPS) is 13.7. The highest BCUT2D eigenvalue weighted by molar-refractivity contribution is 7.25. The van der Waals surface area contributed by atoms with Crippen LogP contribution in [0.2, 0.25) is 0 Å². The fourth-order valence-corrected chi connectivity index (χ4v) is 12.7. The summed E-state index contributed by atoms with van der Waals surface area (Å²) in [6, 6.07) is 94.2. The van der Waals surface area contributed by atoms with Gasteiger partial charge in [0.05, 0.1) is 27.8 Å². The van der Waals surface area contributed by atoms with E-state index in [0.717, 1.165) is 56.1 Å². The van der Waals surface area contributed by atoms with E-state index in [4.69, 9.17) is 9.98 Å². The number of nitrogens with zero attached hydrogens (tertiary/aromatic N) is 4. The molecule has 1 N–H and O–H groups in total. The maximum atomic E-state index is 5.55. The second-order valence-electron chi connectivity index (χ2n) is 19.3. The first-order valence-corrected chi connectivity index (χ1v) is 26.3. The van der Waals surface area contributed by atoms with Crippen LogP contribution in [0.15, 0.2) is 271 Å². The summed E-state index contributed by atoms with van der Waals surface area (Å²) in [6.07, 6.45) is -0.475. The first-order chi connectivity index (χ1) is 37.2. The van der Waals surface area contributed by atoms with E-state index in [1.165, 1.54) is 75.0 Å². The molecule has 1 unspecified atom stereocenters. The second-order valence-corrected chi connectivity index (χ2v) is 20.4. The Kier molecular flexibility index (Phi) is 10.1. The van der Waals surface area contributed by atoms with Gasteiger partial charge >= 0.3 is 0 Å². The zero-order valence-electron chi connectivity index (χ0n) is 40.6. The van der Waals surface area contributed by atoms with Crippen molar-refractivity contribution in [1.82, 2.24) is 14.5 Å². The topological polar surface area (TPSA) is 46.6 Å². The van der Waals surface area contributed by atoms with Crippen LogP contribution in [0, 0.1) is 0 Å². The van der Waals surface area contributed by atoms with E-state index in [2.05, 4.69) is 275 Å². The Bertz CT molecular complexity index is 4620. The van der Waals surface area contributed by atoms with Gasteiger partial charge in [-0.15, -0.1) is 11.3 Å². The quantitative estimate of drug-likeness (QED) is 0.162. The number of hydrogen-bond donors (Lipinski definition) is 1. The minimum atomic E-state index is -0.475. The number of aliphatic imine (C=N–C) groups is 2. The molecule has 3 aromatic heterocycles. The zero-order chi connectivity index (χ0) is 49.4. The number of aromatic nitrogens is 2. The lowest BCUT2D eigenvalue weighted by atomic mass is 9.95. The third kappa shape index (κ3) is 7.14. The lowest BCUT2D eigenvalue weighted by Crippen LogP contribution is -2.34. The van der Waals surface area contributed by atoms with Crippen LogP contribution < -0.4 is 5.32 Å². The second kappa shape index (κ2) is 17.6. The number of amidine groups is 2. The molecule has 0 bridgehead atoms. The van der Waals surface area contributed by atoms with E-state index < -0.39 is 6.17 Å². The van der Waals surface area contributed by atoms with Gasteiger partial charge in [0.25, 0.3) is 0 Å². The standard InChI is InChI=1S/C69H45N5S/c1-4-19-44(20-5-1)46-23-16-24-48(41-46)67-70-68(49-38-40-64-57(42-49)51-27-12-15-36-63(51)75-64)72-69(71-67)56-29-11-14-33-59(56)74-58-32-13-10-28-54(58)65-52(31-18-35-61(65)74)53-30-17-34-60-66(53)55-39-37-47(45-21-6-2-7-22-45)43-62(55)73(60)50-25-8-3-9-26-50/h1-43,69H,(H,70,71,72). The molecule has 6 heteroatoms. The third-order valence-corrected chi connectivity index (χ3v) is 16.1. The van der Waals surface area contributed by atoms with Crippen LogP contribution in [-0.4, -0.2) is 20.8 Å². The molecular formula is C69H45N5S. The fraction of sp³-hybridized carbons (Fsp3) is 0.0145. The Labute approximate surface area is 437 Å². The predicted molar refractivity (Wildman–Crippen MR) is 316 cm³/mol. The molecule has 0 fully saturated rings. The zero-order valence-corrected chi connectivity index (χ0v) is 41.4. The Morgan fingerprint density at radius 3 is 1.69 bits per heavy atom. The van der Waals surface area contributed by atoms with Gasteiger partial charge in [0.15, 0.2) is 5.84 Å². The minimum Gasteiger partial charge on any atom is -0.344 e. The van der Waals surface area contributed by atoms with Crippen LogP contribution in [0.5, 0.6) is 0 Å². The summed E-state index contributed by atoms with van der Waals surface area (Å²) in [5.41, 5.74) is 16.8.